The van der Waals surface area contributed by atoms with Gasteiger partial charge in [-0.1, -0.05) is 6.07 Å². The lowest BCUT2D eigenvalue weighted by Gasteiger charge is -2.12. The van der Waals surface area contributed by atoms with Crippen LogP contribution < -0.4 is 5.32 Å². The quantitative estimate of drug-likeness (QED) is 0.577. The molecule has 0 spiro atoms. The number of carboxylic acids is 1. The molecule has 7 nitrogen and oxygen atoms in total. The number of rotatable bonds is 6. The number of carbonyl (C=O) groups is 3. The molecule has 1 amide bonds. The lowest BCUT2D eigenvalue weighted by molar-refractivity contribution is -0.137. The van der Waals surface area contributed by atoms with E-state index < -0.39 is 29.6 Å². The molecule has 0 bridgehead atoms. The van der Waals surface area contributed by atoms with Crippen molar-refractivity contribution in [1.82, 2.24) is 9.88 Å². The predicted octanol–water partition coefficient (Wildman–Crippen LogP) is 3.00. The van der Waals surface area contributed by atoms with Crippen molar-refractivity contribution in [1.29, 1.82) is 0 Å². The lowest BCUT2D eigenvalue weighted by atomic mass is 10.1. The van der Waals surface area contributed by atoms with E-state index in [1.54, 1.807) is 19.9 Å². The second kappa shape index (κ2) is 8.36. The molecular weight excluding hydrogens is 391 g/mol. The Hall–Kier alpha value is -3.68. The van der Waals surface area contributed by atoms with Gasteiger partial charge in [0.1, 0.15) is 11.6 Å². The van der Waals surface area contributed by atoms with Crippen molar-refractivity contribution in [3.8, 4) is 5.75 Å². The van der Waals surface area contributed by atoms with Crippen molar-refractivity contribution < 1.29 is 29.0 Å². The van der Waals surface area contributed by atoms with Crippen LogP contribution >= 0.6 is 0 Å². The number of phenolic OH excluding ortho intramolecular Hbond substituents is 1. The molecule has 0 saturated heterocycles. The number of hydrogen-bond donors (Lipinski definition) is 3. The van der Waals surface area contributed by atoms with E-state index in [9.17, 15) is 23.9 Å². The Labute approximate surface area is 171 Å². The van der Waals surface area contributed by atoms with Gasteiger partial charge in [0.25, 0.3) is 5.91 Å². The number of aliphatic carboxylic acids is 1. The third-order valence-corrected chi connectivity index (χ3v) is 4.82. The Balaban J connectivity index is 2.02. The van der Waals surface area contributed by atoms with E-state index in [1.807, 2.05) is 0 Å². The Morgan fingerprint density at radius 3 is 2.57 bits per heavy atom. The van der Waals surface area contributed by atoms with Crippen LogP contribution in [0.25, 0.3) is 10.9 Å². The van der Waals surface area contributed by atoms with Gasteiger partial charge in [-0.15, -0.1) is 0 Å². The summed E-state index contributed by atoms with van der Waals surface area (Å²) in [6, 6.07) is 9.19. The van der Waals surface area contributed by atoms with Gasteiger partial charge < -0.3 is 15.5 Å². The van der Waals surface area contributed by atoms with Crippen molar-refractivity contribution in [2.45, 2.75) is 32.7 Å². The number of nitrogens with zero attached hydrogens (tertiary/aromatic N) is 1. The maximum absolute atomic E-state index is 13.6. The number of carboxylic acid groups (broad SMARTS) is 1. The first-order valence-corrected chi connectivity index (χ1v) is 9.31. The number of aromatic hydroxyl groups is 1. The number of amides is 1. The van der Waals surface area contributed by atoms with Gasteiger partial charge in [0.15, 0.2) is 0 Å². The normalized spacial score (nSPS) is 12.0. The largest absolute Gasteiger partial charge is 0.508 e. The number of phenols is 1. The van der Waals surface area contributed by atoms with Crippen molar-refractivity contribution in [2.24, 2.45) is 0 Å². The minimum atomic E-state index is -1.03. The average molecular weight is 412 g/mol. The maximum atomic E-state index is 13.6. The average Bonchev–Trinajstić information content (AvgIpc) is 2.91. The number of halogens is 1. The van der Waals surface area contributed by atoms with Crippen LogP contribution in [0.3, 0.4) is 0 Å². The van der Waals surface area contributed by atoms with Crippen molar-refractivity contribution in [2.75, 3.05) is 0 Å². The van der Waals surface area contributed by atoms with Crippen LogP contribution in [0, 0.1) is 12.7 Å². The molecule has 1 unspecified atom stereocenters. The molecule has 8 heteroatoms. The van der Waals surface area contributed by atoms with Crippen LogP contribution in [-0.4, -0.2) is 38.6 Å². The second-order valence-electron chi connectivity index (χ2n) is 7.16. The first-order valence-electron chi connectivity index (χ1n) is 9.31. The highest BCUT2D eigenvalue weighted by Crippen LogP contribution is 2.30. The van der Waals surface area contributed by atoms with Crippen LogP contribution in [0.5, 0.6) is 5.75 Å². The van der Waals surface area contributed by atoms with Gasteiger partial charge in [-0.3, -0.25) is 19.0 Å². The fourth-order valence-electron chi connectivity index (χ4n) is 3.51. The number of benzene rings is 2. The van der Waals surface area contributed by atoms with Gasteiger partial charge in [-0.2, -0.15) is 0 Å². The van der Waals surface area contributed by atoms with E-state index >= 15 is 0 Å². The summed E-state index contributed by atoms with van der Waals surface area (Å²) < 4.78 is 15.0. The summed E-state index contributed by atoms with van der Waals surface area (Å²) in [5.74, 6) is -2.47. The van der Waals surface area contributed by atoms with Crippen molar-refractivity contribution in [3.63, 3.8) is 0 Å². The van der Waals surface area contributed by atoms with Crippen LogP contribution in [-0.2, 0) is 16.0 Å². The minimum absolute atomic E-state index is 0.0289. The number of carbonyl (C=O) groups excluding carboxylic acids is 2. The summed E-state index contributed by atoms with van der Waals surface area (Å²) in [5.41, 5.74) is 1.62. The fraction of sp³-hybridized carbons (Fsp3) is 0.227. The van der Waals surface area contributed by atoms with Gasteiger partial charge in [0.2, 0.25) is 5.91 Å². The molecular formula is C22H21FN2O5. The molecule has 0 fully saturated rings. The third-order valence-electron chi connectivity index (χ3n) is 4.82. The van der Waals surface area contributed by atoms with Crippen molar-refractivity contribution >= 4 is 28.7 Å². The Bertz CT molecular complexity index is 1150. The monoisotopic (exact) mass is 412 g/mol. The van der Waals surface area contributed by atoms with E-state index in [0.29, 0.717) is 22.2 Å². The van der Waals surface area contributed by atoms with Gasteiger partial charge in [-0.05, 0) is 55.8 Å². The predicted molar refractivity (Wildman–Crippen MR) is 108 cm³/mol. The molecule has 156 valence electrons. The number of aromatic nitrogens is 1. The summed E-state index contributed by atoms with van der Waals surface area (Å²) in [6.07, 6.45) is -0.329. The fourth-order valence-corrected chi connectivity index (χ4v) is 3.51. The van der Waals surface area contributed by atoms with Crippen LogP contribution in [0.4, 0.5) is 4.39 Å². The number of fused-ring (bicyclic) bond motifs is 1. The summed E-state index contributed by atoms with van der Waals surface area (Å²) in [4.78, 5) is 36.4. The zero-order chi connectivity index (χ0) is 22.0. The lowest BCUT2D eigenvalue weighted by Crippen LogP contribution is -2.35. The van der Waals surface area contributed by atoms with E-state index in [1.165, 1.54) is 34.9 Å². The molecule has 3 N–H and O–H groups in total. The number of hydrogen-bond acceptors (Lipinski definition) is 4. The first kappa shape index (κ1) is 21.0. The molecule has 0 radical (unpaired) electrons. The highest BCUT2D eigenvalue weighted by molar-refractivity contribution is 6.05. The standard InChI is InChI=1S/C22H21FN2O5/c1-12(8-21(28)29)24-20(27)11-17-13(2)25(19-7-6-16(26)10-18(17)19)22(30)14-4-3-5-15(23)9-14/h3-7,9-10,12,26H,8,11H2,1-2H3,(H,24,27)(H,28,29). The molecule has 0 aliphatic carbocycles. The van der Waals surface area contributed by atoms with Gasteiger partial charge in [-0.25, -0.2) is 4.39 Å². The summed E-state index contributed by atoms with van der Waals surface area (Å²) >= 11 is 0. The Kier molecular flexibility index (Phi) is 5.86. The smallest absolute Gasteiger partial charge is 0.305 e. The topological polar surface area (TPSA) is 109 Å². The SMILES string of the molecule is Cc1c(CC(=O)NC(C)CC(=O)O)c2cc(O)ccc2n1C(=O)c1cccc(F)c1. The zero-order valence-electron chi connectivity index (χ0n) is 16.5. The molecule has 1 atom stereocenters. The molecule has 3 aromatic rings. The van der Waals surface area contributed by atoms with Crippen molar-refractivity contribution in [3.05, 3.63) is 65.1 Å². The molecule has 0 aliphatic rings. The van der Waals surface area contributed by atoms with Crippen LogP contribution in [0.2, 0.25) is 0 Å². The first-order chi connectivity index (χ1) is 14.2. The molecule has 0 saturated carbocycles. The molecule has 1 aromatic heterocycles. The summed E-state index contributed by atoms with van der Waals surface area (Å²) in [6.45, 7) is 3.25. The van der Waals surface area contributed by atoms with E-state index in [-0.39, 0.29) is 24.2 Å². The highest BCUT2D eigenvalue weighted by Gasteiger charge is 2.22. The number of nitrogens with one attached hydrogen (secondary N) is 1. The summed E-state index contributed by atoms with van der Waals surface area (Å²) in [5, 5.41) is 21.9. The Morgan fingerprint density at radius 1 is 1.17 bits per heavy atom. The van der Waals surface area contributed by atoms with Crippen LogP contribution in [0.15, 0.2) is 42.5 Å². The van der Waals surface area contributed by atoms with E-state index in [4.69, 9.17) is 5.11 Å². The zero-order valence-corrected chi connectivity index (χ0v) is 16.5. The van der Waals surface area contributed by atoms with Gasteiger partial charge in [0, 0.05) is 22.7 Å². The molecule has 3 rings (SSSR count). The van der Waals surface area contributed by atoms with Gasteiger partial charge in [0.05, 0.1) is 18.4 Å². The Morgan fingerprint density at radius 2 is 1.90 bits per heavy atom. The maximum Gasteiger partial charge on any atom is 0.305 e. The van der Waals surface area contributed by atoms with E-state index in [2.05, 4.69) is 5.32 Å². The molecule has 0 aliphatic heterocycles. The highest BCUT2D eigenvalue weighted by atomic mass is 19.1. The summed E-state index contributed by atoms with van der Waals surface area (Å²) in [7, 11) is 0. The van der Waals surface area contributed by atoms with E-state index in [0.717, 1.165) is 6.07 Å². The van der Waals surface area contributed by atoms with Gasteiger partial charge >= 0.3 is 5.97 Å². The molecule has 30 heavy (non-hydrogen) atoms. The minimum Gasteiger partial charge on any atom is -0.508 e. The molecule has 1 heterocycles. The second-order valence-corrected chi connectivity index (χ2v) is 7.16. The molecule has 2 aromatic carbocycles. The third kappa shape index (κ3) is 4.32. The van der Waals surface area contributed by atoms with Crippen LogP contribution in [0.1, 0.15) is 35.0 Å².